The van der Waals surface area contributed by atoms with Gasteiger partial charge in [-0.2, -0.15) is 0 Å². The van der Waals surface area contributed by atoms with Crippen molar-refractivity contribution in [2.45, 2.75) is 25.8 Å². The molecule has 0 aliphatic carbocycles. The molecule has 3 nitrogen and oxygen atoms in total. The largest absolute Gasteiger partial charge is 0.342 e. The van der Waals surface area contributed by atoms with E-state index in [1.165, 1.54) is 6.07 Å². The van der Waals surface area contributed by atoms with E-state index in [4.69, 9.17) is 0 Å². The molecule has 0 spiro atoms. The molecule has 1 amide bonds. The van der Waals surface area contributed by atoms with Crippen LogP contribution < -0.4 is 5.32 Å². The number of carbonyl (C=O) groups is 1. The molecule has 104 valence electrons. The molecule has 1 unspecified atom stereocenters. The highest BCUT2D eigenvalue weighted by atomic mass is 79.9. The number of amides is 1. The molecular weight excluding hydrogens is 311 g/mol. The fourth-order valence-electron chi connectivity index (χ4n) is 2.22. The Morgan fingerprint density at radius 2 is 2.16 bits per heavy atom. The number of rotatable bonds is 4. The van der Waals surface area contributed by atoms with Crippen molar-refractivity contribution in [1.29, 1.82) is 0 Å². The Labute approximate surface area is 121 Å². The fourth-order valence-corrected chi connectivity index (χ4v) is 2.61. The summed E-state index contributed by atoms with van der Waals surface area (Å²) in [6.07, 6.45) is 2.21. The van der Waals surface area contributed by atoms with Crippen molar-refractivity contribution in [2.75, 3.05) is 19.6 Å². The van der Waals surface area contributed by atoms with Gasteiger partial charge in [0.25, 0.3) is 0 Å². The van der Waals surface area contributed by atoms with Crippen molar-refractivity contribution in [3.05, 3.63) is 34.1 Å². The monoisotopic (exact) mass is 328 g/mol. The number of nitrogens with one attached hydrogen (secondary N) is 1. The summed E-state index contributed by atoms with van der Waals surface area (Å²) in [5.41, 5.74) is 0.961. The van der Waals surface area contributed by atoms with Crippen molar-refractivity contribution in [3.8, 4) is 0 Å². The van der Waals surface area contributed by atoms with Crippen LogP contribution in [0, 0.1) is 5.82 Å². The molecule has 1 aliphatic heterocycles. The van der Waals surface area contributed by atoms with Crippen LogP contribution in [0.4, 0.5) is 4.39 Å². The molecule has 0 bridgehead atoms. The van der Waals surface area contributed by atoms with Gasteiger partial charge in [0.2, 0.25) is 5.91 Å². The lowest BCUT2D eigenvalue weighted by molar-refractivity contribution is -0.129. The second-order valence-corrected chi connectivity index (χ2v) is 5.72. The maximum atomic E-state index is 13.2. The Hall–Kier alpha value is -0.940. The highest BCUT2D eigenvalue weighted by molar-refractivity contribution is 9.10. The van der Waals surface area contributed by atoms with Gasteiger partial charge in [-0.15, -0.1) is 0 Å². The first-order valence-electron chi connectivity index (χ1n) is 6.54. The van der Waals surface area contributed by atoms with Crippen molar-refractivity contribution >= 4 is 21.8 Å². The summed E-state index contributed by atoms with van der Waals surface area (Å²) in [6.45, 7) is 4.04. The molecule has 1 aromatic carbocycles. The summed E-state index contributed by atoms with van der Waals surface area (Å²) in [4.78, 5) is 13.8. The van der Waals surface area contributed by atoms with Gasteiger partial charge in [0, 0.05) is 19.1 Å². The Morgan fingerprint density at radius 3 is 2.79 bits per heavy atom. The molecule has 1 aromatic rings. The van der Waals surface area contributed by atoms with Crippen LogP contribution in [0.5, 0.6) is 0 Å². The number of hydrogen-bond donors (Lipinski definition) is 1. The first kappa shape index (κ1) is 14.5. The van der Waals surface area contributed by atoms with Crippen molar-refractivity contribution in [3.63, 3.8) is 0 Å². The molecule has 0 aromatic heterocycles. The first-order chi connectivity index (χ1) is 9.08. The molecule has 1 aliphatic rings. The van der Waals surface area contributed by atoms with Gasteiger partial charge in [-0.1, -0.05) is 6.07 Å². The SMILES string of the molecule is CC(NCC(=O)N1CCCC1)c1ccc(F)c(Br)c1. The standard InChI is InChI=1S/C14H18BrFN2O/c1-10(11-4-5-13(16)12(15)8-11)17-9-14(19)18-6-2-3-7-18/h4-5,8,10,17H,2-3,6-7,9H2,1H3. The molecular formula is C14H18BrFN2O. The van der Waals surface area contributed by atoms with Gasteiger partial charge >= 0.3 is 0 Å². The van der Waals surface area contributed by atoms with Crippen molar-refractivity contribution in [2.24, 2.45) is 0 Å². The van der Waals surface area contributed by atoms with E-state index in [-0.39, 0.29) is 17.8 Å². The second kappa shape index (κ2) is 6.48. The van der Waals surface area contributed by atoms with Gasteiger partial charge in [-0.3, -0.25) is 4.79 Å². The van der Waals surface area contributed by atoms with E-state index in [1.807, 2.05) is 11.8 Å². The zero-order chi connectivity index (χ0) is 13.8. The molecule has 0 saturated carbocycles. The zero-order valence-electron chi connectivity index (χ0n) is 11.0. The molecule has 1 fully saturated rings. The second-order valence-electron chi connectivity index (χ2n) is 4.86. The Morgan fingerprint density at radius 1 is 1.47 bits per heavy atom. The lowest BCUT2D eigenvalue weighted by atomic mass is 10.1. The van der Waals surface area contributed by atoms with Crippen molar-refractivity contribution < 1.29 is 9.18 Å². The molecule has 5 heteroatoms. The lowest BCUT2D eigenvalue weighted by Gasteiger charge is -2.19. The van der Waals surface area contributed by atoms with Gasteiger partial charge < -0.3 is 10.2 Å². The highest BCUT2D eigenvalue weighted by Gasteiger charge is 2.18. The summed E-state index contributed by atoms with van der Waals surface area (Å²) in [5, 5.41) is 3.19. The quantitative estimate of drug-likeness (QED) is 0.921. The number of nitrogens with zero attached hydrogens (tertiary/aromatic N) is 1. The highest BCUT2D eigenvalue weighted by Crippen LogP contribution is 2.21. The van der Waals surface area contributed by atoms with Crippen LogP contribution in [0.15, 0.2) is 22.7 Å². The summed E-state index contributed by atoms with van der Waals surface area (Å²) >= 11 is 3.17. The number of likely N-dealkylation sites (tertiary alicyclic amines) is 1. The van der Waals surface area contributed by atoms with Crippen LogP contribution in [0.25, 0.3) is 0 Å². The van der Waals surface area contributed by atoms with E-state index < -0.39 is 0 Å². The predicted octanol–water partition coefficient (Wildman–Crippen LogP) is 2.86. The number of hydrogen-bond acceptors (Lipinski definition) is 2. The molecule has 2 rings (SSSR count). The smallest absolute Gasteiger partial charge is 0.236 e. The zero-order valence-corrected chi connectivity index (χ0v) is 12.5. The topological polar surface area (TPSA) is 32.3 Å². The van der Waals surface area contributed by atoms with E-state index in [0.29, 0.717) is 11.0 Å². The summed E-state index contributed by atoms with van der Waals surface area (Å²) in [5.74, 6) is -0.130. The number of carbonyl (C=O) groups excluding carboxylic acids is 1. The molecule has 1 saturated heterocycles. The van der Waals surface area contributed by atoms with Gasteiger partial charge in [0.05, 0.1) is 11.0 Å². The van der Waals surface area contributed by atoms with Gasteiger partial charge in [-0.25, -0.2) is 4.39 Å². The Balaban J connectivity index is 1.88. The Kier molecular flexibility index (Phi) is 4.93. The van der Waals surface area contributed by atoms with Crippen LogP contribution in [0.3, 0.4) is 0 Å². The first-order valence-corrected chi connectivity index (χ1v) is 7.33. The molecule has 1 heterocycles. The third kappa shape index (κ3) is 3.76. The summed E-state index contributed by atoms with van der Waals surface area (Å²) in [7, 11) is 0. The maximum Gasteiger partial charge on any atom is 0.236 e. The van der Waals surface area contributed by atoms with E-state index in [0.717, 1.165) is 31.5 Å². The minimum absolute atomic E-state index is 0.0171. The molecule has 0 radical (unpaired) electrons. The normalized spacial score (nSPS) is 16.7. The van der Waals surface area contributed by atoms with Gasteiger partial charge in [0.1, 0.15) is 5.82 Å². The van der Waals surface area contributed by atoms with Crippen LogP contribution in [0.2, 0.25) is 0 Å². The van der Waals surface area contributed by atoms with Crippen LogP contribution in [-0.4, -0.2) is 30.4 Å². The molecule has 1 atom stereocenters. The summed E-state index contributed by atoms with van der Waals surface area (Å²) < 4.78 is 13.6. The van der Waals surface area contributed by atoms with Crippen molar-refractivity contribution in [1.82, 2.24) is 10.2 Å². The van der Waals surface area contributed by atoms with Crippen LogP contribution in [0.1, 0.15) is 31.4 Å². The maximum absolute atomic E-state index is 13.2. The Bertz CT molecular complexity index is 461. The van der Waals surface area contributed by atoms with Crippen LogP contribution in [-0.2, 0) is 4.79 Å². The minimum Gasteiger partial charge on any atom is -0.342 e. The fraction of sp³-hybridized carbons (Fsp3) is 0.500. The van der Waals surface area contributed by atoms with E-state index in [2.05, 4.69) is 21.2 Å². The summed E-state index contributed by atoms with van der Waals surface area (Å²) in [6, 6.07) is 4.93. The minimum atomic E-state index is -0.274. The average Bonchev–Trinajstić information content (AvgIpc) is 2.92. The number of halogens is 2. The van der Waals surface area contributed by atoms with E-state index in [1.54, 1.807) is 12.1 Å². The molecule has 1 N–H and O–H groups in total. The van der Waals surface area contributed by atoms with Gasteiger partial charge in [0.15, 0.2) is 0 Å². The average molecular weight is 329 g/mol. The van der Waals surface area contributed by atoms with E-state index in [9.17, 15) is 9.18 Å². The lowest BCUT2D eigenvalue weighted by Crippen LogP contribution is -2.37. The van der Waals surface area contributed by atoms with Gasteiger partial charge in [-0.05, 0) is 53.4 Å². The number of benzene rings is 1. The third-order valence-corrected chi connectivity index (χ3v) is 4.07. The molecule has 19 heavy (non-hydrogen) atoms. The third-order valence-electron chi connectivity index (χ3n) is 3.46. The predicted molar refractivity (Wildman–Crippen MR) is 76.3 cm³/mol. The van der Waals surface area contributed by atoms with Crippen LogP contribution >= 0.6 is 15.9 Å². The van der Waals surface area contributed by atoms with E-state index >= 15 is 0 Å².